The Morgan fingerprint density at radius 2 is 2.13 bits per heavy atom. The van der Waals surface area contributed by atoms with Gasteiger partial charge in [0.15, 0.2) is 0 Å². The van der Waals surface area contributed by atoms with Crippen molar-refractivity contribution in [1.29, 1.82) is 0 Å². The van der Waals surface area contributed by atoms with E-state index in [1.165, 1.54) is 12.2 Å². The second-order valence-corrected chi connectivity index (χ2v) is 6.38. The van der Waals surface area contributed by atoms with E-state index < -0.39 is 23.7 Å². The summed E-state index contributed by atoms with van der Waals surface area (Å²) < 4.78 is 10.0. The van der Waals surface area contributed by atoms with E-state index >= 15 is 0 Å². The minimum atomic E-state index is -0.621. The largest absolute Gasteiger partial charge is 0.463 e. The predicted octanol–water partition coefficient (Wildman–Crippen LogP) is 1.53. The summed E-state index contributed by atoms with van der Waals surface area (Å²) in [4.78, 5) is 35.0. The lowest BCUT2D eigenvalue weighted by molar-refractivity contribution is -0.137. The maximum Gasteiger partial charge on any atom is 0.408 e. The molecule has 2 N–H and O–H groups in total. The summed E-state index contributed by atoms with van der Waals surface area (Å²) in [5, 5.41) is 5.44. The zero-order chi connectivity index (χ0) is 17.5. The molecule has 1 aliphatic rings. The third-order valence-corrected chi connectivity index (χ3v) is 3.15. The first-order valence-corrected chi connectivity index (χ1v) is 7.83. The number of nitrogens with one attached hydrogen (secondary N) is 2. The van der Waals surface area contributed by atoms with Crippen molar-refractivity contribution in [2.24, 2.45) is 5.92 Å². The van der Waals surface area contributed by atoms with Crippen LogP contribution in [0.25, 0.3) is 0 Å². The van der Waals surface area contributed by atoms with Crippen molar-refractivity contribution >= 4 is 18.0 Å². The van der Waals surface area contributed by atoms with Gasteiger partial charge in [0.2, 0.25) is 5.91 Å². The molecule has 2 atom stereocenters. The molecule has 7 nitrogen and oxygen atoms in total. The van der Waals surface area contributed by atoms with Gasteiger partial charge in [-0.25, -0.2) is 9.59 Å². The van der Waals surface area contributed by atoms with E-state index in [1.54, 1.807) is 27.7 Å². The molecule has 1 rings (SSSR count). The summed E-state index contributed by atoms with van der Waals surface area (Å²) >= 11 is 0. The summed E-state index contributed by atoms with van der Waals surface area (Å²) in [6.07, 6.45) is 3.32. The third-order valence-electron chi connectivity index (χ3n) is 3.15. The SMILES string of the molecule is CCOC(=O)/C=C/[C@H](C[C@@H]1CCNC1=O)NC(=O)OC(C)(C)C. The number of hydrogen-bond acceptors (Lipinski definition) is 5. The number of rotatable bonds is 6. The Labute approximate surface area is 136 Å². The van der Waals surface area contributed by atoms with Crippen molar-refractivity contribution in [2.75, 3.05) is 13.2 Å². The summed E-state index contributed by atoms with van der Waals surface area (Å²) in [5.74, 6) is -0.716. The van der Waals surface area contributed by atoms with Crippen LogP contribution < -0.4 is 10.6 Å². The van der Waals surface area contributed by atoms with Crippen LogP contribution in [0.15, 0.2) is 12.2 Å². The average molecular weight is 326 g/mol. The van der Waals surface area contributed by atoms with Gasteiger partial charge in [-0.05, 0) is 40.5 Å². The molecule has 0 aliphatic carbocycles. The van der Waals surface area contributed by atoms with E-state index in [4.69, 9.17) is 9.47 Å². The molecule has 1 heterocycles. The van der Waals surface area contributed by atoms with Crippen molar-refractivity contribution in [3.05, 3.63) is 12.2 Å². The minimum absolute atomic E-state index is 0.0366. The molecular weight excluding hydrogens is 300 g/mol. The van der Waals surface area contributed by atoms with Gasteiger partial charge in [0, 0.05) is 18.5 Å². The molecule has 1 saturated heterocycles. The topological polar surface area (TPSA) is 93.7 Å². The van der Waals surface area contributed by atoms with Gasteiger partial charge in [-0.15, -0.1) is 0 Å². The number of alkyl carbamates (subject to hydrolysis) is 1. The molecule has 0 aromatic rings. The fourth-order valence-corrected chi connectivity index (χ4v) is 2.21. The Bertz CT molecular complexity index is 468. The summed E-state index contributed by atoms with van der Waals surface area (Å²) in [5.41, 5.74) is -0.621. The Morgan fingerprint density at radius 1 is 1.43 bits per heavy atom. The first kappa shape index (κ1) is 19.0. The molecule has 0 aromatic carbocycles. The standard InChI is InChI=1S/C16H26N2O5/c1-5-22-13(19)7-6-12(10-11-8-9-17-14(11)20)18-15(21)23-16(2,3)4/h6-7,11-12H,5,8-10H2,1-4H3,(H,17,20)(H,18,21)/b7-6+/t11-,12+/m0/s1. The number of ether oxygens (including phenoxy) is 2. The fourth-order valence-electron chi connectivity index (χ4n) is 2.21. The Hall–Kier alpha value is -2.05. The zero-order valence-corrected chi connectivity index (χ0v) is 14.2. The van der Waals surface area contributed by atoms with E-state index in [-0.39, 0.29) is 18.4 Å². The van der Waals surface area contributed by atoms with E-state index in [9.17, 15) is 14.4 Å². The van der Waals surface area contributed by atoms with Gasteiger partial charge in [0.25, 0.3) is 0 Å². The van der Waals surface area contributed by atoms with Gasteiger partial charge in [-0.2, -0.15) is 0 Å². The normalized spacial score (nSPS) is 19.3. The lowest BCUT2D eigenvalue weighted by atomic mass is 9.98. The van der Waals surface area contributed by atoms with Crippen LogP contribution in [0.4, 0.5) is 4.79 Å². The van der Waals surface area contributed by atoms with Crippen LogP contribution in [-0.2, 0) is 19.1 Å². The molecule has 1 fully saturated rings. The first-order valence-electron chi connectivity index (χ1n) is 7.83. The highest BCUT2D eigenvalue weighted by Gasteiger charge is 2.28. The van der Waals surface area contributed by atoms with Crippen LogP contribution in [-0.4, -0.2) is 42.8 Å². The summed E-state index contributed by atoms with van der Waals surface area (Å²) in [6.45, 7) is 7.91. The Balaban J connectivity index is 2.69. The lowest BCUT2D eigenvalue weighted by Crippen LogP contribution is -2.40. The van der Waals surface area contributed by atoms with Gasteiger partial charge in [0.05, 0.1) is 12.6 Å². The molecule has 0 saturated carbocycles. The van der Waals surface area contributed by atoms with Gasteiger partial charge >= 0.3 is 12.1 Å². The highest BCUT2D eigenvalue weighted by Crippen LogP contribution is 2.17. The van der Waals surface area contributed by atoms with Crippen LogP contribution in [0.1, 0.15) is 40.5 Å². The molecule has 0 radical (unpaired) electrons. The fraction of sp³-hybridized carbons (Fsp3) is 0.688. The molecule has 0 bridgehead atoms. The Kier molecular flexibility index (Phi) is 7.06. The predicted molar refractivity (Wildman–Crippen MR) is 84.7 cm³/mol. The van der Waals surface area contributed by atoms with E-state index in [0.717, 1.165) is 0 Å². The summed E-state index contributed by atoms with van der Waals surface area (Å²) in [6, 6.07) is -0.483. The van der Waals surface area contributed by atoms with Gasteiger partial charge in [-0.1, -0.05) is 6.08 Å². The Morgan fingerprint density at radius 3 is 2.65 bits per heavy atom. The van der Waals surface area contributed by atoms with Crippen LogP contribution >= 0.6 is 0 Å². The quantitative estimate of drug-likeness (QED) is 0.570. The maximum atomic E-state index is 11.9. The monoisotopic (exact) mass is 326 g/mol. The van der Waals surface area contributed by atoms with Crippen molar-refractivity contribution in [2.45, 2.75) is 52.2 Å². The summed E-state index contributed by atoms with van der Waals surface area (Å²) in [7, 11) is 0. The molecule has 2 amide bonds. The first-order chi connectivity index (χ1) is 10.7. The second-order valence-electron chi connectivity index (χ2n) is 6.38. The molecule has 130 valence electrons. The molecule has 0 aromatic heterocycles. The van der Waals surface area contributed by atoms with Crippen molar-refractivity contribution < 1.29 is 23.9 Å². The molecule has 0 unspecified atom stereocenters. The van der Waals surface area contributed by atoms with E-state index in [1.807, 2.05) is 0 Å². The average Bonchev–Trinajstić information content (AvgIpc) is 2.79. The molecule has 23 heavy (non-hydrogen) atoms. The van der Waals surface area contributed by atoms with Gasteiger partial charge in [-0.3, -0.25) is 4.79 Å². The van der Waals surface area contributed by atoms with E-state index in [0.29, 0.717) is 19.4 Å². The highest BCUT2D eigenvalue weighted by atomic mass is 16.6. The number of esters is 1. The maximum absolute atomic E-state index is 11.9. The zero-order valence-electron chi connectivity index (χ0n) is 14.2. The van der Waals surface area contributed by atoms with Crippen LogP contribution in [0, 0.1) is 5.92 Å². The van der Waals surface area contributed by atoms with Crippen molar-refractivity contribution in [3.63, 3.8) is 0 Å². The lowest BCUT2D eigenvalue weighted by Gasteiger charge is -2.23. The number of amides is 2. The van der Waals surface area contributed by atoms with Crippen LogP contribution in [0.5, 0.6) is 0 Å². The molecule has 7 heteroatoms. The molecular formula is C16H26N2O5. The van der Waals surface area contributed by atoms with Gasteiger partial charge < -0.3 is 20.1 Å². The third kappa shape index (κ3) is 7.67. The van der Waals surface area contributed by atoms with Gasteiger partial charge in [0.1, 0.15) is 5.60 Å². The highest BCUT2D eigenvalue weighted by molar-refractivity contribution is 5.82. The van der Waals surface area contributed by atoms with Crippen molar-refractivity contribution in [1.82, 2.24) is 10.6 Å². The van der Waals surface area contributed by atoms with E-state index in [2.05, 4.69) is 10.6 Å². The van der Waals surface area contributed by atoms with Crippen LogP contribution in [0.2, 0.25) is 0 Å². The van der Waals surface area contributed by atoms with Crippen molar-refractivity contribution in [3.8, 4) is 0 Å². The number of carbonyl (C=O) groups excluding carboxylic acids is 3. The number of carbonyl (C=O) groups is 3. The number of hydrogen-bond donors (Lipinski definition) is 2. The smallest absolute Gasteiger partial charge is 0.408 e. The minimum Gasteiger partial charge on any atom is -0.463 e. The second kappa shape index (κ2) is 8.55. The molecule has 0 spiro atoms. The van der Waals surface area contributed by atoms with Crippen LogP contribution in [0.3, 0.4) is 0 Å². The molecule has 1 aliphatic heterocycles.